The van der Waals surface area contributed by atoms with E-state index in [1.54, 1.807) is 0 Å². The largest absolute Gasteiger partial charge is 0.461 e. The first-order valence-electron chi connectivity index (χ1n) is 4.91. The third kappa shape index (κ3) is 3.40. The van der Waals surface area contributed by atoms with Crippen LogP contribution < -0.4 is 0 Å². The molecule has 1 rings (SSSR count). The van der Waals surface area contributed by atoms with Crippen LogP contribution in [0.3, 0.4) is 0 Å². The fourth-order valence-electron chi connectivity index (χ4n) is 1.36. The molecule has 19 heavy (non-hydrogen) atoms. The highest BCUT2D eigenvalue weighted by molar-refractivity contribution is 9.10. The van der Waals surface area contributed by atoms with E-state index in [2.05, 4.69) is 25.7 Å². The van der Waals surface area contributed by atoms with Crippen LogP contribution in [-0.4, -0.2) is 17.6 Å². The fraction of sp³-hybridized carbons (Fsp3) is 0.400. The number of carbonyl (C=O) groups is 1. The summed E-state index contributed by atoms with van der Waals surface area (Å²) in [5.74, 6) is -1.40. The van der Waals surface area contributed by atoms with Crippen molar-refractivity contribution in [1.82, 2.24) is 4.98 Å². The van der Waals surface area contributed by atoms with Gasteiger partial charge in [-0.3, -0.25) is 0 Å². The predicted octanol–water partition coefficient (Wildman–Crippen LogP) is 3.98. The van der Waals surface area contributed by atoms with Crippen LogP contribution in [0.1, 0.15) is 35.0 Å². The molecule has 0 saturated heterocycles. The monoisotopic (exact) mass is 347 g/mol. The van der Waals surface area contributed by atoms with Gasteiger partial charge in [0.2, 0.25) is 0 Å². The minimum atomic E-state index is -5.15. The third-order valence-electron chi connectivity index (χ3n) is 2.04. The molecule has 0 aliphatic heterocycles. The zero-order valence-electron chi connectivity index (χ0n) is 9.39. The van der Waals surface area contributed by atoms with Crippen LogP contribution in [0.25, 0.3) is 0 Å². The lowest BCUT2D eigenvalue weighted by Gasteiger charge is -2.16. The molecule has 0 fully saturated rings. The van der Waals surface area contributed by atoms with Gasteiger partial charge in [-0.05, 0) is 22.9 Å². The maximum absolute atomic E-state index is 12.8. The zero-order valence-corrected chi connectivity index (χ0v) is 11.0. The summed E-state index contributed by atoms with van der Waals surface area (Å²) in [6.45, 7) is 1.18. The average Bonchev–Trinajstić information content (AvgIpc) is 2.26. The van der Waals surface area contributed by atoms with Gasteiger partial charge in [0, 0.05) is 16.2 Å². The number of carbonyl (C=O) groups excluding carboxylic acids is 1. The Bertz CT molecular complexity index is 490. The molecule has 0 aliphatic carbocycles. The summed E-state index contributed by atoms with van der Waals surface area (Å²) in [4.78, 5) is 14.6. The Hall–Kier alpha value is -1.25. The minimum Gasteiger partial charge on any atom is -0.461 e. The Balaban J connectivity index is 3.57. The fourth-order valence-corrected chi connectivity index (χ4v) is 1.83. The third-order valence-corrected chi connectivity index (χ3v) is 2.67. The molecule has 0 N–H and O–H groups in total. The van der Waals surface area contributed by atoms with Gasteiger partial charge in [0.15, 0.2) is 5.69 Å². The van der Waals surface area contributed by atoms with Crippen LogP contribution in [0.4, 0.5) is 22.0 Å². The van der Waals surface area contributed by atoms with Crippen molar-refractivity contribution in [3.63, 3.8) is 0 Å². The van der Waals surface area contributed by atoms with Crippen molar-refractivity contribution < 1.29 is 31.5 Å². The summed E-state index contributed by atoms with van der Waals surface area (Å²) in [5, 5.41) is 0. The quantitative estimate of drug-likeness (QED) is 0.613. The number of ether oxygens (including phenoxy) is 1. The number of hydrogen-bond acceptors (Lipinski definition) is 3. The first kappa shape index (κ1) is 15.8. The molecule has 1 aromatic heterocycles. The summed E-state index contributed by atoms with van der Waals surface area (Å²) in [6, 6.07) is 0. The van der Waals surface area contributed by atoms with Crippen molar-refractivity contribution in [3.8, 4) is 0 Å². The lowest BCUT2D eigenvalue weighted by Crippen LogP contribution is -2.20. The highest BCUT2D eigenvalue weighted by Crippen LogP contribution is 2.41. The van der Waals surface area contributed by atoms with Gasteiger partial charge in [-0.25, -0.2) is 18.6 Å². The number of esters is 1. The van der Waals surface area contributed by atoms with Crippen molar-refractivity contribution in [1.29, 1.82) is 0 Å². The highest BCUT2D eigenvalue weighted by atomic mass is 79.9. The predicted molar refractivity (Wildman–Crippen MR) is 57.9 cm³/mol. The van der Waals surface area contributed by atoms with E-state index >= 15 is 0 Å². The molecular weight excluding hydrogens is 341 g/mol. The van der Waals surface area contributed by atoms with E-state index in [1.807, 2.05) is 0 Å². The number of rotatable bonds is 3. The van der Waals surface area contributed by atoms with E-state index in [1.165, 1.54) is 6.92 Å². The average molecular weight is 348 g/mol. The number of pyridine rings is 1. The van der Waals surface area contributed by atoms with E-state index in [4.69, 9.17) is 0 Å². The summed E-state index contributed by atoms with van der Waals surface area (Å²) in [6.07, 6.45) is -7.85. The second-order valence-electron chi connectivity index (χ2n) is 3.26. The van der Waals surface area contributed by atoms with Crippen LogP contribution in [0, 0.1) is 0 Å². The molecule has 9 heteroatoms. The number of nitrogens with zero attached hydrogens (tertiary/aromatic N) is 1. The summed E-state index contributed by atoms with van der Waals surface area (Å²) < 4.78 is 67.9. The Morgan fingerprint density at radius 2 is 2.05 bits per heavy atom. The van der Waals surface area contributed by atoms with Crippen LogP contribution in [0.5, 0.6) is 0 Å². The molecular formula is C10H7BrF5NO2. The lowest BCUT2D eigenvalue weighted by atomic mass is 10.1. The van der Waals surface area contributed by atoms with E-state index in [0.717, 1.165) is 0 Å². The van der Waals surface area contributed by atoms with E-state index in [0.29, 0.717) is 6.20 Å². The smallest absolute Gasteiger partial charge is 0.419 e. The number of aromatic nitrogens is 1. The van der Waals surface area contributed by atoms with Crippen molar-refractivity contribution in [2.24, 2.45) is 0 Å². The normalized spacial score (nSPS) is 11.8. The molecule has 0 bridgehead atoms. The van der Waals surface area contributed by atoms with Crippen molar-refractivity contribution in [3.05, 3.63) is 27.5 Å². The second kappa shape index (κ2) is 5.81. The Morgan fingerprint density at radius 3 is 2.47 bits per heavy atom. The zero-order chi connectivity index (χ0) is 14.8. The van der Waals surface area contributed by atoms with Crippen molar-refractivity contribution >= 4 is 21.9 Å². The molecule has 1 aromatic rings. The molecule has 106 valence electrons. The van der Waals surface area contributed by atoms with E-state index < -0.39 is 39.9 Å². The molecule has 3 nitrogen and oxygen atoms in total. The number of halogens is 6. The number of alkyl halides is 5. The van der Waals surface area contributed by atoms with E-state index in [-0.39, 0.29) is 6.61 Å². The SMILES string of the molecule is CCOC(=O)c1ncc(Br)c(C(F)F)c1C(F)(F)F. The van der Waals surface area contributed by atoms with Crippen molar-refractivity contribution in [2.45, 2.75) is 19.5 Å². The van der Waals surface area contributed by atoms with Gasteiger partial charge in [-0.15, -0.1) is 0 Å². The summed E-state index contributed by atoms with van der Waals surface area (Å²) in [7, 11) is 0. The van der Waals surface area contributed by atoms with Gasteiger partial charge in [0.25, 0.3) is 6.43 Å². The van der Waals surface area contributed by atoms with Crippen LogP contribution in [0.15, 0.2) is 10.7 Å². The van der Waals surface area contributed by atoms with Gasteiger partial charge in [0.1, 0.15) is 0 Å². The van der Waals surface area contributed by atoms with Crippen LogP contribution >= 0.6 is 15.9 Å². The van der Waals surface area contributed by atoms with Gasteiger partial charge in [-0.2, -0.15) is 13.2 Å². The van der Waals surface area contributed by atoms with Gasteiger partial charge in [-0.1, -0.05) is 0 Å². The van der Waals surface area contributed by atoms with E-state index in [9.17, 15) is 26.7 Å². The van der Waals surface area contributed by atoms with Crippen LogP contribution in [-0.2, 0) is 10.9 Å². The highest BCUT2D eigenvalue weighted by Gasteiger charge is 2.42. The van der Waals surface area contributed by atoms with Gasteiger partial charge >= 0.3 is 12.1 Å². The Morgan fingerprint density at radius 1 is 1.47 bits per heavy atom. The second-order valence-corrected chi connectivity index (χ2v) is 4.12. The first-order valence-corrected chi connectivity index (χ1v) is 5.70. The standard InChI is InChI=1S/C10H7BrF5NO2/c1-2-19-9(18)7-6(10(14,15)16)5(8(12)13)4(11)3-17-7/h3,8H,2H2,1H3. The molecule has 0 aliphatic rings. The molecule has 1 heterocycles. The van der Waals surface area contributed by atoms with Gasteiger partial charge < -0.3 is 4.74 Å². The minimum absolute atomic E-state index is 0.197. The van der Waals surface area contributed by atoms with Crippen molar-refractivity contribution in [2.75, 3.05) is 6.61 Å². The Kier molecular flexibility index (Phi) is 4.83. The summed E-state index contributed by atoms with van der Waals surface area (Å²) in [5.41, 5.74) is -4.28. The molecule has 0 unspecified atom stereocenters. The molecule has 0 amide bonds. The lowest BCUT2D eigenvalue weighted by molar-refractivity contribution is -0.140. The molecule has 0 saturated carbocycles. The molecule has 0 spiro atoms. The summed E-state index contributed by atoms with van der Waals surface area (Å²) >= 11 is 2.57. The molecule has 0 atom stereocenters. The maximum Gasteiger partial charge on any atom is 0.419 e. The number of hydrogen-bond donors (Lipinski definition) is 0. The van der Waals surface area contributed by atoms with Crippen LogP contribution in [0.2, 0.25) is 0 Å². The molecule has 0 aromatic carbocycles. The molecule has 0 radical (unpaired) electrons. The first-order chi connectivity index (χ1) is 8.70. The van der Waals surface area contributed by atoms with Gasteiger partial charge in [0.05, 0.1) is 12.2 Å². The Labute approximate surface area is 112 Å². The topological polar surface area (TPSA) is 39.2 Å². The maximum atomic E-state index is 12.8.